The van der Waals surface area contributed by atoms with E-state index in [0.29, 0.717) is 15.9 Å². The lowest BCUT2D eigenvalue weighted by atomic mass is 10.1. The van der Waals surface area contributed by atoms with E-state index in [2.05, 4.69) is 4.99 Å². The van der Waals surface area contributed by atoms with Crippen LogP contribution < -0.4 is 4.90 Å². The van der Waals surface area contributed by atoms with Crippen LogP contribution in [0.4, 0.5) is 5.69 Å². The molecule has 0 N–H and O–H groups in total. The van der Waals surface area contributed by atoms with E-state index in [1.165, 1.54) is 11.8 Å². The van der Waals surface area contributed by atoms with Gasteiger partial charge in [-0.1, -0.05) is 65.8 Å². The zero-order chi connectivity index (χ0) is 19.0. The SMILES string of the molecule is O=C(Cc1ccccc1)N=C1S[C@@H]2CS(=O)(=O)C[C@@H]2N1c1ccccc1Cl. The molecule has 4 rings (SSSR count). The minimum absolute atomic E-state index is 0.0434. The van der Waals surface area contributed by atoms with Crippen LogP contribution in [0, 0.1) is 0 Å². The van der Waals surface area contributed by atoms with Crippen molar-refractivity contribution < 1.29 is 13.2 Å². The molecule has 0 radical (unpaired) electrons. The van der Waals surface area contributed by atoms with Crippen LogP contribution in [-0.2, 0) is 21.1 Å². The first kappa shape index (κ1) is 18.5. The number of halogens is 1. The summed E-state index contributed by atoms with van der Waals surface area (Å²) in [7, 11) is -3.11. The predicted molar refractivity (Wildman–Crippen MR) is 110 cm³/mol. The Labute approximate surface area is 167 Å². The molecule has 2 atom stereocenters. The Morgan fingerprint density at radius 2 is 1.81 bits per heavy atom. The fraction of sp³-hybridized carbons (Fsp3) is 0.263. The van der Waals surface area contributed by atoms with Crippen molar-refractivity contribution in [2.45, 2.75) is 17.7 Å². The Bertz CT molecular complexity index is 1010. The van der Waals surface area contributed by atoms with Crippen molar-refractivity contribution in [1.29, 1.82) is 0 Å². The summed E-state index contributed by atoms with van der Waals surface area (Å²) in [5.41, 5.74) is 1.57. The molecule has 8 heteroatoms. The number of carbonyl (C=O) groups excluding carboxylic acids is 1. The van der Waals surface area contributed by atoms with E-state index >= 15 is 0 Å². The molecule has 2 aliphatic rings. The van der Waals surface area contributed by atoms with E-state index in [4.69, 9.17) is 11.6 Å². The number of amidine groups is 1. The lowest BCUT2D eigenvalue weighted by molar-refractivity contribution is -0.117. The number of para-hydroxylation sites is 1. The summed E-state index contributed by atoms with van der Waals surface area (Å²) < 4.78 is 24.2. The van der Waals surface area contributed by atoms with E-state index in [1.807, 2.05) is 53.4 Å². The number of carbonyl (C=O) groups is 1. The number of aliphatic imine (C=N–C) groups is 1. The molecule has 1 amide bonds. The number of sulfone groups is 1. The number of hydrogen-bond acceptors (Lipinski definition) is 4. The smallest absolute Gasteiger partial charge is 0.252 e. The Morgan fingerprint density at radius 1 is 1.11 bits per heavy atom. The second-order valence-electron chi connectivity index (χ2n) is 6.57. The van der Waals surface area contributed by atoms with Gasteiger partial charge in [-0.05, 0) is 17.7 Å². The highest BCUT2D eigenvalue weighted by Crippen LogP contribution is 2.42. The molecule has 27 heavy (non-hydrogen) atoms. The second-order valence-corrected chi connectivity index (χ2v) is 10.3. The number of fused-ring (bicyclic) bond motifs is 1. The molecule has 0 bridgehead atoms. The van der Waals surface area contributed by atoms with Gasteiger partial charge in [0.25, 0.3) is 5.91 Å². The minimum Gasteiger partial charge on any atom is -0.314 e. The van der Waals surface area contributed by atoms with E-state index in [0.717, 1.165) is 5.56 Å². The number of nitrogens with zero attached hydrogens (tertiary/aromatic N) is 2. The van der Waals surface area contributed by atoms with Crippen LogP contribution in [0.15, 0.2) is 59.6 Å². The van der Waals surface area contributed by atoms with Gasteiger partial charge in [0, 0.05) is 5.25 Å². The number of amides is 1. The van der Waals surface area contributed by atoms with Crippen LogP contribution >= 0.6 is 23.4 Å². The van der Waals surface area contributed by atoms with Gasteiger partial charge in [-0.25, -0.2) is 8.42 Å². The molecule has 2 aliphatic heterocycles. The van der Waals surface area contributed by atoms with Gasteiger partial charge in [0.2, 0.25) is 0 Å². The van der Waals surface area contributed by atoms with Crippen LogP contribution in [0.25, 0.3) is 0 Å². The summed E-state index contributed by atoms with van der Waals surface area (Å²) in [5.74, 6) is -0.125. The zero-order valence-electron chi connectivity index (χ0n) is 14.3. The number of rotatable bonds is 3. The van der Waals surface area contributed by atoms with Crippen molar-refractivity contribution in [1.82, 2.24) is 0 Å². The molecule has 0 aromatic heterocycles. The average molecular weight is 421 g/mol. The van der Waals surface area contributed by atoms with Crippen LogP contribution in [0.5, 0.6) is 0 Å². The Balaban J connectivity index is 1.67. The topological polar surface area (TPSA) is 66.8 Å². The van der Waals surface area contributed by atoms with Gasteiger partial charge < -0.3 is 4.90 Å². The van der Waals surface area contributed by atoms with Crippen molar-refractivity contribution in [2.75, 3.05) is 16.4 Å². The van der Waals surface area contributed by atoms with Crippen molar-refractivity contribution >= 4 is 50.0 Å². The average Bonchev–Trinajstić information content (AvgIpc) is 3.07. The minimum atomic E-state index is -3.11. The molecule has 0 spiro atoms. The Hall–Kier alpha value is -1.83. The Kier molecular flexibility index (Phi) is 5.01. The van der Waals surface area contributed by atoms with Gasteiger partial charge in [-0.2, -0.15) is 4.99 Å². The normalized spacial score (nSPS) is 24.9. The third-order valence-electron chi connectivity index (χ3n) is 4.60. The lowest BCUT2D eigenvalue weighted by Crippen LogP contribution is -2.38. The molecule has 2 aromatic carbocycles. The van der Waals surface area contributed by atoms with Crippen LogP contribution in [-0.4, -0.2) is 42.3 Å². The summed E-state index contributed by atoms with van der Waals surface area (Å²) in [6.07, 6.45) is 0.203. The largest absolute Gasteiger partial charge is 0.314 e. The van der Waals surface area contributed by atoms with Gasteiger partial charge in [0.15, 0.2) is 15.0 Å². The van der Waals surface area contributed by atoms with Gasteiger partial charge >= 0.3 is 0 Å². The first-order valence-corrected chi connectivity index (χ1v) is 11.6. The van der Waals surface area contributed by atoms with E-state index < -0.39 is 9.84 Å². The summed E-state index contributed by atoms with van der Waals surface area (Å²) in [4.78, 5) is 18.6. The Morgan fingerprint density at radius 3 is 2.56 bits per heavy atom. The van der Waals surface area contributed by atoms with Crippen molar-refractivity contribution in [2.24, 2.45) is 4.99 Å². The molecule has 5 nitrogen and oxygen atoms in total. The summed E-state index contributed by atoms with van der Waals surface area (Å²) in [6.45, 7) is 0. The summed E-state index contributed by atoms with van der Waals surface area (Å²) >= 11 is 7.71. The highest BCUT2D eigenvalue weighted by Gasteiger charge is 2.49. The number of thioether (sulfide) groups is 1. The number of hydrogen-bond donors (Lipinski definition) is 0. The maximum absolute atomic E-state index is 12.5. The number of anilines is 1. The predicted octanol–water partition coefficient (Wildman–Crippen LogP) is 3.18. The molecule has 2 saturated heterocycles. The third-order valence-corrected chi connectivity index (χ3v) is 8.13. The van der Waals surface area contributed by atoms with Crippen LogP contribution in [0.1, 0.15) is 5.56 Å². The zero-order valence-corrected chi connectivity index (χ0v) is 16.7. The monoisotopic (exact) mass is 420 g/mol. The van der Waals surface area contributed by atoms with Gasteiger partial charge in [-0.15, -0.1) is 0 Å². The molecule has 0 unspecified atom stereocenters. The molecular formula is C19H17ClN2O3S2. The van der Waals surface area contributed by atoms with Gasteiger partial charge in [0.05, 0.1) is 34.7 Å². The molecule has 2 heterocycles. The van der Waals surface area contributed by atoms with Crippen molar-refractivity contribution in [3.63, 3.8) is 0 Å². The lowest BCUT2D eigenvalue weighted by Gasteiger charge is -2.25. The molecule has 0 aliphatic carbocycles. The van der Waals surface area contributed by atoms with E-state index in [-0.39, 0.29) is 35.1 Å². The molecule has 140 valence electrons. The van der Waals surface area contributed by atoms with Crippen LogP contribution in [0.3, 0.4) is 0 Å². The summed E-state index contributed by atoms with van der Waals surface area (Å²) in [6, 6.07) is 16.4. The van der Waals surface area contributed by atoms with Crippen LogP contribution in [0.2, 0.25) is 5.02 Å². The second kappa shape index (κ2) is 7.30. The molecule has 2 aromatic rings. The van der Waals surface area contributed by atoms with E-state index in [9.17, 15) is 13.2 Å². The maximum atomic E-state index is 12.5. The quantitative estimate of drug-likeness (QED) is 0.762. The summed E-state index contributed by atoms with van der Waals surface area (Å²) in [5, 5.41) is 0.884. The fourth-order valence-electron chi connectivity index (χ4n) is 3.41. The highest BCUT2D eigenvalue weighted by atomic mass is 35.5. The molecular weight excluding hydrogens is 404 g/mol. The highest BCUT2D eigenvalue weighted by molar-refractivity contribution is 8.16. The first-order valence-electron chi connectivity index (χ1n) is 8.49. The fourth-order valence-corrected chi connectivity index (χ4v) is 7.56. The standard InChI is InChI=1S/C19H17ClN2O3S2/c20-14-8-4-5-9-15(14)22-16-11-27(24,25)12-17(16)26-19(22)21-18(23)10-13-6-2-1-3-7-13/h1-9,16-17H,10-12H2/t16-,17+/m0/s1. The van der Waals surface area contributed by atoms with Crippen molar-refractivity contribution in [3.8, 4) is 0 Å². The van der Waals surface area contributed by atoms with Gasteiger partial charge in [-0.3, -0.25) is 4.79 Å². The first-order chi connectivity index (χ1) is 12.9. The third kappa shape index (κ3) is 3.90. The van der Waals surface area contributed by atoms with Crippen molar-refractivity contribution in [3.05, 3.63) is 65.2 Å². The van der Waals surface area contributed by atoms with Gasteiger partial charge in [0.1, 0.15) is 0 Å². The van der Waals surface area contributed by atoms with E-state index in [1.54, 1.807) is 6.07 Å². The maximum Gasteiger partial charge on any atom is 0.252 e. The molecule has 0 saturated carbocycles. The number of benzene rings is 2. The molecule has 2 fully saturated rings.